The molecule has 4 aromatic rings. The van der Waals surface area contributed by atoms with Crippen molar-refractivity contribution in [3.05, 3.63) is 71.8 Å². The number of nitrogens with zero attached hydrogens (tertiary/aromatic N) is 5. The molecule has 0 spiro atoms. The normalized spacial score (nSPS) is 14.0. The summed E-state index contributed by atoms with van der Waals surface area (Å²) in [4.78, 5) is 35.1. The maximum atomic E-state index is 13.5. The van der Waals surface area contributed by atoms with E-state index in [2.05, 4.69) is 30.9 Å². The van der Waals surface area contributed by atoms with Gasteiger partial charge in [0.05, 0.1) is 37.4 Å². The quantitative estimate of drug-likeness (QED) is 0.183. The maximum Gasteiger partial charge on any atom is 0.390 e. The SMILES string of the molecule is O=C(NCC1CCOCC1)c1nc(OSCCC(F)(F)F)cnc1NC(=O)c1ccc(Cn2ccnn2)c2ccccc12. The summed E-state index contributed by atoms with van der Waals surface area (Å²) < 4.78 is 49.8. The van der Waals surface area contributed by atoms with E-state index in [0.29, 0.717) is 49.3 Å². The molecule has 0 atom stereocenters. The topological polar surface area (TPSA) is 133 Å². The van der Waals surface area contributed by atoms with Gasteiger partial charge in [-0.2, -0.15) is 13.2 Å². The van der Waals surface area contributed by atoms with Crippen molar-refractivity contribution >= 4 is 40.4 Å². The molecule has 1 aliphatic rings. The number of alkyl halides is 3. The number of hydrogen-bond donors (Lipinski definition) is 2. The van der Waals surface area contributed by atoms with E-state index in [1.165, 1.54) is 0 Å². The van der Waals surface area contributed by atoms with Gasteiger partial charge in [-0.15, -0.1) is 5.10 Å². The Morgan fingerprint density at radius 2 is 1.88 bits per heavy atom. The molecule has 226 valence electrons. The fraction of sp³-hybridized carbons (Fsp3) is 0.357. The van der Waals surface area contributed by atoms with E-state index < -0.39 is 24.4 Å². The number of carbonyl (C=O) groups excluding carboxylic acids is 2. The minimum atomic E-state index is -4.33. The molecule has 2 amide bonds. The molecule has 1 aliphatic heterocycles. The predicted octanol–water partition coefficient (Wildman–Crippen LogP) is 4.66. The second-order valence-electron chi connectivity index (χ2n) is 9.81. The first-order valence-corrected chi connectivity index (χ1v) is 14.4. The molecule has 3 heterocycles. The van der Waals surface area contributed by atoms with Gasteiger partial charge in [-0.05, 0) is 41.2 Å². The predicted molar refractivity (Wildman–Crippen MR) is 153 cm³/mol. The summed E-state index contributed by atoms with van der Waals surface area (Å²) in [5, 5.41) is 14.9. The van der Waals surface area contributed by atoms with Gasteiger partial charge < -0.3 is 19.6 Å². The lowest BCUT2D eigenvalue weighted by atomic mass is 9.99. The number of ether oxygens (including phenoxy) is 1. The van der Waals surface area contributed by atoms with Gasteiger partial charge >= 0.3 is 6.18 Å². The summed E-state index contributed by atoms with van der Waals surface area (Å²) in [6.45, 7) is 2.02. The van der Waals surface area contributed by atoms with Crippen LogP contribution in [0.1, 0.15) is 45.7 Å². The lowest BCUT2D eigenvalue weighted by Crippen LogP contribution is -2.33. The van der Waals surface area contributed by atoms with Gasteiger partial charge in [0.15, 0.2) is 11.5 Å². The van der Waals surface area contributed by atoms with Crippen molar-refractivity contribution in [3.8, 4) is 5.88 Å². The third kappa shape index (κ3) is 8.20. The first kappa shape index (κ1) is 30.2. The number of aromatic nitrogens is 5. The smallest absolute Gasteiger partial charge is 0.390 e. The largest absolute Gasteiger partial charge is 0.404 e. The Kier molecular flexibility index (Phi) is 9.72. The molecule has 1 fully saturated rings. The van der Waals surface area contributed by atoms with Gasteiger partial charge in [-0.25, -0.2) is 14.6 Å². The lowest BCUT2D eigenvalue weighted by molar-refractivity contribution is -0.129. The van der Waals surface area contributed by atoms with Crippen LogP contribution in [0.15, 0.2) is 55.0 Å². The van der Waals surface area contributed by atoms with E-state index in [4.69, 9.17) is 8.92 Å². The standard InChI is InChI=1S/C28H28F3N7O4S/c29-28(30,31)9-14-43-42-23-16-32-25(24(35-23)27(40)33-15-18-7-12-41-13-8-18)36-26(39)22-6-5-19(17-38-11-10-34-37-38)20-3-1-2-4-21(20)22/h1-6,10-11,16,18H,7-9,12-15,17H2,(H,33,40)(H,32,36,39). The van der Waals surface area contributed by atoms with Crippen molar-refractivity contribution in [1.82, 2.24) is 30.3 Å². The lowest BCUT2D eigenvalue weighted by Gasteiger charge is -2.22. The highest BCUT2D eigenvalue weighted by Gasteiger charge is 2.27. The Morgan fingerprint density at radius 3 is 2.63 bits per heavy atom. The van der Waals surface area contributed by atoms with E-state index >= 15 is 0 Å². The van der Waals surface area contributed by atoms with E-state index in [0.717, 1.165) is 30.0 Å². The molecule has 43 heavy (non-hydrogen) atoms. The van der Waals surface area contributed by atoms with Crippen LogP contribution >= 0.6 is 12.0 Å². The number of hydrogen-bond acceptors (Lipinski definition) is 9. The first-order valence-electron chi connectivity index (χ1n) is 13.5. The van der Waals surface area contributed by atoms with Gasteiger partial charge in [0.25, 0.3) is 11.8 Å². The van der Waals surface area contributed by atoms with Crippen molar-refractivity contribution in [2.24, 2.45) is 5.92 Å². The molecule has 0 aliphatic carbocycles. The molecular weight excluding hydrogens is 587 g/mol. The van der Waals surface area contributed by atoms with Gasteiger partial charge in [-0.1, -0.05) is 35.5 Å². The summed E-state index contributed by atoms with van der Waals surface area (Å²) in [6.07, 6.45) is 0.659. The van der Waals surface area contributed by atoms with Crippen LogP contribution in [0.4, 0.5) is 19.0 Å². The second-order valence-corrected chi connectivity index (χ2v) is 10.6. The van der Waals surface area contributed by atoms with Gasteiger partial charge in [0, 0.05) is 37.3 Å². The highest BCUT2D eigenvalue weighted by atomic mass is 32.2. The number of fused-ring (bicyclic) bond motifs is 1. The second kappa shape index (κ2) is 13.8. The summed E-state index contributed by atoms with van der Waals surface area (Å²) >= 11 is 0.545. The fourth-order valence-corrected chi connectivity index (χ4v) is 5.16. The van der Waals surface area contributed by atoms with Crippen molar-refractivity contribution in [2.45, 2.75) is 32.0 Å². The van der Waals surface area contributed by atoms with Crippen LogP contribution in [0, 0.1) is 5.92 Å². The Hall–Kier alpha value is -4.24. The summed E-state index contributed by atoms with van der Waals surface area (Å²) in [6, 6.07) is 10.9. The van der Waals surface area contributed by atoms with E-state index in [-0.39, 0.29) is 29.1 Å². The van der Waals surface area contributed by atoms with Gasteiger partial charge in [-0.3, -0.25) is 9.59 Å². The van der Waals surface area contributed by atoms with E-state index in [1.54, 1.807) is 23.1 Å². The number of nitrogens with one attached hydrogen (secondary N) is 2. The minimum Gasteiger partial charge on any atom is -0.404 e. The van der Waals surface area contributed by atoms with E-state index in [9.17, 15) is 22.8 Å². The highest BCUT2D eigenvalue weighted by Crippen LogP contribution is 2.27. The fourth-order valence-electron chi connectivity index (χ4n) is 4.56. The summed E-state index contributed by atoms with van der Waals surface area (Å²) in [5.74, 6) is -1.56. The highest BCUT2D eigenvalue weighted by molar-refractivity contribution is 7.95. The van der Waals surface area contributed by atoms with Crippen LogP contribution in [0.2, 0.25) is 0 Å². The van der Waals surface area contributed by atoms with Crippen molar-refractivity contribution in [1.29, 1.82) is 0 Å². The zero-order chi connectivity index (χ0) is 30.2. The zero-order valence-electron chi connectivity index (χ0n) is 22.8. The molecule has 0 radical (unpaired) electrons. The van der Waals surface area contributed by atoms with E-state index in [1.807, 2.05) is 30.3 Å². The minimum absolute atomic E-state index is 0.113. The van der Waals surface area contributed by atoms with Crippen LogP contribution in [0.25, 0.3) is 10.8 Å². The number of carbonyl (C=O) groups is 2. The molecule has 0 saturated carbocycles. The van der Waals surface area contributed by atoms with Gasteiger partial charge in [0.2, 0.25) is 5.88 Å². The first-order chi connectivity index (χ1) is 20.8. The third-order valence-corrected chi connectivity index (χ3v) is 7.43. The maximum absolute atomic E-state index is 13.5. The molecule has 0 unspecified atom stereocenters. The molecule has 15 heteroatoms. The Bertz CT molecular complexity index is 1560. The zero-order valence-corrected chi connectivity index (χ0v) is 23.7. The Labute approximate surface area is 248 Å². The number of anilines is 1. The van der Waals surface area contributed by atoms with Crippen LogP contribution in [0.3, 0.4) is 0 Å². The van der Waals surface area contributed by atoms with Crippen LogP contribution < -0.4 is 14.8 Å². The van der Waals surface area contributed by atoms with Crippen LogP contribution in [-0.4, -0.2) is 68.5 Å². The molecular formula is C28H28F3N7O4S. The van der Waals surface area contributed by atoms with Crippen molar-refractivity contribution < 1.29 is 31.7 Å². The summed E-state index contributed by atoms with van der Waals surface area (Å²) in [5.41, 5.74) is 1.05. The van der Waals surface area contributed by atoms with Gasteiger partial charge in [0.1, 0.15) is 0 Å². The molecule has 11 nitrogen and oxygen atoms in total. The number of rotatable bonds is 11. The van der Waals surface area contributed by atoms with Crippen LogP contribution in [-0.2, 0) is 11.3 Å². The number of amides is 2. The Morgan fingerprint density at radius 1 is 1.09 bits per heavy atom. The molecule has 0 bridgehead atoms. The molecule has 5 rings (SSSR count). The monoisotopic (exact) mass is 615 g/mol. The molecule has 1 saturated heterocycles. The number of benzene rings is 2. The molecule has 2 aromatic carbocycles. The van der Waals surface area contributed by atoms with Crippen molar-refractivity contribution in [2.75, 3.05) is 30.8 Å². The Balaban J connectivity index is 1.37. The van der Waals surface area contributed by atoms with Crippen LogP contribution in [0.5, 0.6) is 5.88 Å². The number of halogens is 3. The summed E-state index contributed by atoms with van der Waals surface area (Å²) in [7, 11) is 0. The average Bonchev–Trinajstić information content (AvgIpc) is 3.52. The average molecular weight is 616 g/mol. The van der Waals surface area contributed by atoms with Crippen molar-refractivity contribution in [3.63, 3.8) is 0 Å². The molecule has 2 aromatic heterocycles. The third-order valence-electron chi connectivity index (χ3n) is 6.77. The molecule has 2 N–H and O–H groups in total.